The van der Waals surface area contributed by atoms with Crippen LogP contribution in [-0.2, 0) is 14.3 Å². The summed E-state index contributed by atoms with van der Waals surface area (Å²) >= 11 is 0. The second-order valence-corrected chi connectivity index (χ2v) is 4.58. The summed E-state index contributed by atoms with van der Waals surface area (Å²) in [6.07, 6.45) is 3.09. The molecule has 17 heavy (non-hydrogen) atoms. The van der Waals surface area contributed by atoms with Crippen LogP contribution in [-0.4, -0.2) is 29.5 Å². The molecular formula is C12H16N2O3. The molecule has 0 saturated carbocycles. The molecule has 0 unspecified atom stereocenters. The molecule has 0 N–H and O–H groups in total. The van der Waals surface area contributed by atoms with E-state index in [2.05, 4.69) is 4.98 Å². The number of nitrogens with zero attached hydrogens (tertiary/aromatic N) is 2. The Morgan fingerprint density at radius 3 is 2.47 bits per heavy atom. The van der Waals surface area contributed by atoms with Crippen LogP contribution in [0.25, 0.3) is 0 Å². The zero-order valence-corrected chi connectivity index (χ0v) is 10.4. The van der Waals surface area contributed by atoms with Crippen molar-refractivity contribution < 1.29 is 14.3 Å². The first kappa shape index (κ1) is 13.2. The van der Waals surface area contributed by atoms with Gasteiger partial charge in [0, 0.05) is 13.2 Å². The zero-order valence-electron chi connectivity index (χ0n) is 10.4. The summed E-state index contributed by atoms with van der Waals surface area (Å²) in [7, 11) is 1.50. The van der Waals surface area contributed by atoms with Gasteiger partial charge < -0.3 is 9.64 Å². The largest absolute Gasteiger partial charge is 0.453 e. The number of hydrogen-bond donors (Lipinski definition) is 0. The monoisotopic (exact) mass is 236 g/mol. The molecule has 0 radical (unpaired) electrons. The van der Waals surface area contributed by atoms with Crippen molar-refractivity contribution >= 4 is 17.6 Å². The third kappa shape index (κ3) is 3.86. The van der Waals surface area contributed by atoms with E-state index >= 15 is 0 Å². The summed E-state index contributed by atoms with van der Waals surface area (Å²) in [5.41, 5.74) is -0.133. The van der Waals surface area contributed by atoms with Gasteiger partial charge in [-0.1, -0.05) is 0 Å². The van der Waals surface area contributed by atoms with E-state index in [1.807, 2.05) is 0 Å². The predicted octanol–water partition coefficient (Wildman–Crippen LogP) is 1.39. The molecule has 0 atom stereocenters. The van der Waals surface area contributed by atoms with Crippen LogP contribution in [0, 0.1) is 0 Å². The quantitative estimate of drug-likeness (QED) is 0.546. The summed E-state index contributed by atoms with van der Waals surface area (Å²) < 4.78 is 4.99. The maximum absolute atomic E-state index is 11.7. The summed E-state index contributed by atoms with van der Waals surface area (Å²) in [5.74, 6) is -1.59. The lowest BCUT2D eigenvalue weighted by Crippen LogP contribution is -2.38. The van der Waals surface area contributed by atoms with Gasteiger partial charge in [0.05, 0.1) is 11.9 Å². The highest BCUT2D eigenvalue weighted by molar-refractivity contribution is 6.38. The highest BCUT2D eigenvalue weighted by Gasteiger charge is 2.26. The number of pyridine rings is 1. The maximum atomic E-state index is 11.7. The Morgan fingerprint density at radius 1 is 1.35 bits per heavy atom. The number of amides is 1. The van der Waals surface area contributed by atoms with Crippen molar-refractivity contribution in [3.05, 3.63) is 24.5 Å². The first-order valence-electron chi connectivity index (χ1n) is 5.22. The van der Waals surface area contributed by atoms with Crippen LogP contribution in [0.2, 0.25) is 0 Å². The number of aromatic nitrogens is 1. The average Bonchev–Trinajstić information content (AvgIpc) is 2.26. The van der Waals surface area contributed by atoms with Gasteiger partial charge in [-0.05, 0) is 32.9 Å². The van der Waals surface area contributed by atoms with E-state index in [0.29, 0.717) is 5.69 Å². The van der Waals surface area contributed by atoms with E-state index in [0.717, 1.165) is 0 Å². The minimum atomic E-state index is -0.871. The van der Waals surface area contributed by atoms with Crippen molar-refractivity contribution in [1.82, 2.24) is 4.98 Å². The minimum Gasteiger partial charge on any atom is -0.453 e. The van der Waals surface area contributed by atoms with Crippen LogP contribution in [0.5, 0.6) is 0 Å². The Hall–Kier alpha value is -1.91. The number of esters is 1. The average molecular weight is 236 g/mol. The van der Waals surface area contributed by atoms with Crippen molar-refractivity contribution in [3.8, 4) is 0 Å². The molecule has 0 spiro atoms. The minimum absolute atomic E-state index is 0.545. The second kappa shape index (κ2) is 4.95. The fraction of sp³-hybridized carbons (Fsp3) is 0.417. The summed E-state index contributed by atoms with van der Waals surface area (Å²) in [6.45, 7) is 5.13. The van der Waals surface area contributed by atoms with E-state index in [1.54, 1.807) is 39.1 Å². The molecule has 1 rings (SSSR count). The first-order valence-corrected chi connectivity index (χ1v) is 5.22. The molecule has 0 aromatic carbocycles. The molecule has 5 heteroatoms. The Balaban J connectivity index is 2.74. The molecule has 0 aliphatic rings. The lowest BCUT2D eigenvalue weighted by Gasteiger charge is -2.21. The van der Waals surface area contributed by atoms with Crippen molar-refractivity contribution in [2.45, 2.75) is 26.4 Å². The van der Waals surface area contributed by atoms with Gasteiger partial charge in [0.25, 0.3) is 0 Å². The fourth-order valence-corrected chi connectivity index (χ4v) is 1.13. The van der Waals surface area contributed by atoms with Crippen LogP contribution < -0.4 is 4.90 Å². The van der Waals surface area contributed by atoms with Crippen molar-refractivity contribution in [1.29, 1.82) is 0 Å². The SMILES string of the molecule is CN(C(=O)C(=O)OC(C)(C)C)c1cccnc1. The number of ether oxygens (including phenoxy) is 1. The van der Waals surface area contributed by atoms with Crippen LogP contribution in [0.1, 0.15) is 20.8 Å². The molecule has 0 aliphatic carbocycles. The molecule has 0 bridgehead atoms. The van der Waals surface area contributed by atoms with Gasteiger partial charge in [0.2, 0.25) is 0 Å². The molecule has 0 fully saturated rings. The third-order valence-corrected chi connectivity index (χ3v) is 1.91. The number of carbonyl (C=O) groups excluding carboxylic acids is 2. The van der Waals surface area contributed by atoms with Crippen LogP contribution in [0.15, 0.2) is 24.5 Å². The number of likely N-dealkylation sites (N-methyl/N-ethyl adjacent to an activating group) is 1. The summed E-state index contributed by atoms with van der Waals surface area (Å²) in [5, 5.41) is 0. The predicted molar refractivity (Wildman–Crippen MR) is 63.5 cm³/mol. The molecule has 0 saturated heterocycles. The normalized spacial score (nSPS) is 10.8. The number of rotatable bonds is 1. The van der Waals surface area contributed by atoms with Crippen LogP contribution in [0.3, 0.4) is 0 Å². The van der Waals surface area contributed by atoms with Gasteiger partial charge in [-0.2, -0.15) is 0 Å². The summed E-state index contributed by atoms with van der Waals surface area (Å²) in [4.78, 5) is 28.4. The van der Waals surface area contributed by atoms with E-state index in [9.17, 15) is 9.59 Å². The molecular weight excluding hydrogens is 220 g/mol. The van der Waals surface area contributed by atoms with Crippen molar-refractivity contribution in [2.24, 2.45) is 0 Å². The topological polar surface area (TPSA) is 59.5 Å². The fourth-order valence-electron chi connectivity index (χ4n) is 1.13. The van der Waals surface area contributed by atoms with Crippen molar-refractivity contribution in [2.75, 3.05) is 11.9 Å². The van der Waals surface area contributed by atoms with Crippen LogP contribution >= 0.6 is 0 Å². The molecule has 5 nitrogen and oxygen atoms in total. The first-order chi connectivity index (χ1) is 7.81. The highest BCUT2D eigenvalue weighted by Crippen LogP contribution is 2.12. The van der Waals surface area contributed by atoms with E-state index in [1.165, 1.54) is 18.1 Å². The van der Waals surface area contributed by atoms with Gasteiger partial charge >= 0.3 is 11.9 Å². The summed E-state index contributed by atoms with van der Waals surface area (Å²) in [6, 6.07) is 3.38. The standard InChI is InChI=1S/C12H16N2O3/c1-12(2,3)17-11(16)10(15)14(4)9-6-5-7-13-8-9/h5-8H,1-4H3. The Labute approximate surface area is 100 Å². The van der Waals surface area contributed by atoms with Gasteiger partial charge in [0.15, 0.2) is 0 Å². The third-order valence-electron chi connectivity index (χ3n) is 1.91. The number of carbonyl (C=O) groups is 2. The maximum Gasteiger partial charge on any atom is 0.397 e. The van der Waals surface area contributed by atoms with Gasteiger partial charge in [-0.25, -0.2) is 4.79 Å². The van der Waals surface area contributed by atoms with Gasteiger partial charge in [0.1, 0.15) is 5.60 Å². The number of hydrogen-bond acceptors (Lipinski definition) is 4. The van der Waals surface area contributed by atoms with E-state index in [-0.39, 0.29) is 0 Å². The zero-order chi connectivity index (χ0) is 13.1. The molecule has 1 heterocycles. The second-order valence-electron chi connectivity index (χ2n) is 4.58. The Kier molecular flexibility index (Phi) is 3.83. The smallest absolute Gasteiger partial charge is 0.397 e. The van der Waals surface area contributed by atoms with Gasteiger partial charge in [-0.15, -0.1) is 0 Å². The van der Waals surface area contributed by atoms with E-state index in [4.69, 9.17) is 4.74 Å². The Bertz CT molecular complexity index is 410. The van der Waals surface area contributed by atoms with Gasteiger partial charge in [-0.3, -0.25) is 9.78 Å². The molecule has 1 amide bonds. The highest BCUT2D eigenvalue weighted by atomic mass is 16.6. The Morgan fingerprint density at radius 2 is 2.00 bits per heavy atom. The molecule has 92 valence electrons. The molecule has 1 aromatic heterocycles. The lowest BCUT2D eigenvalue weighted by molar-refractivity contribution is -0.162. The number of anilines is 1. The van der Waals surface area contributed by atoms with E-state index < -0.39 is 17.5 Å². The van der Waals surface area contributed by atoms with Crippen LogP contribution in [0.4, 0.5) is 5.69 Å². The van der Waals surface area contributed by atoms with Crippen molar-refractivity contribution in [3.63, 3.8) is 0 Å². The molecule has 1 aromatic rings. The lowest BCUT2D eigenvalue weighted by atomic mass is 10.2. The molecule has 0 aliphatic heterocycles.